The van der Waals surface area contributed by atoms with Crippen LogP contribution in [0.25, 0.3) is 11.3 Å². The number of aromatic nitrogens is 2. The highest BCUT2D eigenvalue weighted by Crippen LogP contribution is 2.28. The molecule has 0 radical (unpaired) electrons. The number of hydrazone groups is 1. The number of hydrogen-bond donors (Lipinski definition) is 2. The van der Waals surface area contributed by atoms with Crippen LogP contribution in [-0.2, 0) is 0 Å². The van der Waals surface area contributed by atoms with Crippen molar-refractivity contribution in [3.63, 3.8) is 0 Å². The van der Waals surface area contributed by atoms with Crippen LogP contribution in [0.2, 0.25) is 0 Å². The van der Waals surface area contributed by atoms with Gasteiger partial charge in [-0.15, -0.1) is 0 Å². The Morgan fingerprint density at radius 1 is 1.16 bits per heavy atom. The van der Waals surface area contributed by atoms with Crippen LogP contribution in [0, 0.1) is 11.3 Å². The fraction of sp³-hybridized carbons (Fsp3) is 0.250. The van der Waals surface area contributed by atoms with Gasteiger partial charge in [0.1, 0.15) is 11.6 Å². The molecule has 0 aliphatic heterocycles. The fourth-order valence-corrected chi connectivity index (χ4v) is 2.92. The summed E-state index contributed by atoms with van der Waals surface area (Å²) in [6.07, 6.45) is 3.61. The number of nitriles is 1. The molecule has 0 atom stereocenters. The summed E-state index contributed by atoms with van der Waals surface area (Å²) in [7, 11) is 0. The molecule has 8 heteroatoms. The quantitative estimate of drug-likeness (QED) is 0.281. The maximum atomic E-state index is 12.3. The van der Waals surface area contributed by atoms with E-state index < -0.39 is 5.56 Å². The Hall–Kier alpha value is -4.12. The van der Waals surface area contributed by atoms with Gasteiger partial charge >= 0.3 is 0 Å². The van der Waals surface area contributed by atoms with Crippen LogP contribution >= 0.6 is 0 Å². The normalized spacial score (nSPS) is 10.7. The van der Waals surface area contributed by atoms with Crippen LogP contribution < -0.4 is 20.5 Å². The minimum absolute atomic E-state index is 0.0502. The molecule has 3 rings (SSSR count). The molecule has 2 N–H and O–H groups in total. The number of nitrogens with zero attached hydrogens (tertiary/aromatic N) is 3. The van der Waals surface area contributed by atoms with E-state index in [1.54, 1.807) is 18.3 Å². The van der Waals surface area contributed by atoms with Gasteiger partial charge in [0.2, 0.25) is 5.95 Å². The Morgan fingerprint density at radius 2 is 1.97 bits per heavy atom. The summed E-state index contributed by atoms with van der Waals surface area (Å²) in [5.41, 5.74) is 3.88. The fourth-order valence-electron chi connectivity index (χ4n) is 2.92. The number of aromatic amines is 1. The smallest absolute Gasteiger partial charge is 0.270 e. The van der Waals surface area contributed by atoms with Crippen LogP contribution in [0.4, 0.5) is 5.95 Å². The highest BCUT2D eigenvalue weighted by molar-refractivity contribution is 5.81. The molecule has 0 spiro atoms. The number of benzene rings is 2. The van der Waals surface area contributed by atoms with E-state index in [2.05, 4.69) is 27.4 Å². The Labute approximate surface area is 186 Å². The molecule has 3 aromatic rings. The van der Waals surface area contributed by atoms with Gasteiger partial charge in [0.25, 0.3) is 5.56 Å². The van der Waals surface area contributed by atoms with E-state index in [1.807, 2.05) is 49.4 Å². The van der Waals surface area contributed by atoms with Crippen molar-refractivity contribution in [3.8, 4) is 28.8 Å². The largest absolute Gasteiger partial charge is 0.490 e. The standard InChI is InChI=1S/C24H25N5O3/c1-3-5-13-32-20-12-11-17(14-21(20)31-4-2)16-26-29-24-27-22(18-9-7-6-8-10-18)19(15-25)23(30)28-24/h6-12,14,16H,3-5,13H2,1-2H3,(H2,27,28,29,30). The third-order valence-corrected chi connectivity index (χ3v) is 4.49. The van der Waals surface area contributed by atoms with Gasteiger partial charge in [-0.05, 0) is 37.1 Å². The lowest BCUT2D eigenvalue weighted by Gasteiger charge is -2.12. The van der Waals surface area contributed by atoms with Gasteiger partial charge in [0.05, 0.1) is 25.1 Å². The lowest BCUT2D eigenvalue weighted by atomic mass is 10.1. The SMILES string of the molecule is CCCCOc1ccc(C=NNc2nc(-c3ccccc3)c(C#N)c(=O)[nH]2)cc1OCC. The lowest BCUT2D eigenvalue weighted by molar-refractivity contribution is 0.272. The first kappa shape index (κ1) is 22.6. The summed E-state index contributed by atoms with van der Waals surface area (Å²) in [6, 6.07) is 16.5. The van der Waals surface area contributed by atoms with E-state index in [-0.39, 0.29) is 11.5 Å². The van der Waals surface area contributed by atoms with E-state index in [0.717, 1.165) is 18.4 Å². The number of ether oxygens (including phenoxy) is 2. The molecule has 0 aliphatic carbocycles. The molecule has 164 valence electrons. The lowest BCUT2D eigenvalue weighted by Crippen LogP contribution is -2.16. The van der Waals surface area contributed by atoms with E-state index >= 15 is 0 Å². The number of anilines is 1. The Morgan fingerprint density at radius 3 is 2.69 bits per heavy atom. The van der Waals surface area contributed by atoms with Crippen molar-refractivity contribution >= 4 is 12.2 Å². The zero-order valence-corrected chi connectivity index (χ0v) is 18.1. The Balaban J connectivity index is 1.80. The van der Waals surface area contributed by atoms with Crippen LogP contribution in [0.15, 0.2) is 58.4 Å². The third-order valence-electron chi connectivity index (χ3n) is 4.49. The van der Waals surface area contributed by atoms with Gasteiger partial charge < -0.3 is 9.47 Å². The van der Waals surface area contributed by atoms with E-state index in [1.165, 1.54) is 0 Å². The molecule has 0 saturated heterocycles. The second kappa shape index (κ2) is 11.3. The maximum absolute atomic E-state index is 12.3. The first-order valence-corrected chi connectivity index (χ1v) is 10.4. The monoisotopic (exact) mass is 431 g/mol. The highest BCUT2D eigenvalue weighted by Gasteiger charge is 2.13. The van der Waals surface area contributed by atoms with Crippen LogP contribution in [-0.4, -0.2) is 29.4 Å². The molecule has 0 amide bonds. The van der Waals surface area contributed by atoms with Crippen molar-refractivity contribution in [3.05, 3.63) is 70.0 Å². The van der Waals surface area contributed by atoms with Gasteiger partial charge in [-0.2, -0.15) is 10.4 Å². The van der Waals surface area contributed by atoms with Crippen LogP contribution in [0.1, 0.15) is 37.8 Å². The Bertz CT molecular complexity index is 1170. The molecule has 1 aromatic heterocycles. The minimum atomic E-state index is -0.536. The van der Waals surface area contributed by atoms with Crippen molar-refractivity contribution < 1.29 is 9.47 Å². The van der Waals surface area contributed by atoms with E-state index in [0.29, 0.717) is 36.0 Å². The molecular weight excluding hydrogens is 406 g/mol. The molecule has 1 heterocycles. The number of rotatable bonds is 10. The maximum Gasteiger partial charge on any atom is 0.270 e. The second-order valence-corrected chi connectivity index (χ2v) is 6.83. The van der Waals surface area contributed by atoms with Gasteiger partial charge in [-0.1, -0.05) is 43.7 Å². The summed E-state index contributed by atoms with van der Waals surface area (Å²) in [5, 5.41) is 13.5. The second-order valence-electron chi connectivity index (χ2n) is 6.83. The molecule has 0 unspecified atom stereocenters. The predicted octanol–water partition coefficient (Wildman–Crippen LogP) is 4.33. The molecule has 32 heavy (non-hydrogen) atoms. The molecular formula is C24H25N5O3. The number of nitrogens with one attached hydrogen (secondary N) is 2. The number of H-pyrrole nitrogens is 1. The first-order valence-electron chi connectivity index (χ1n) is 10.4. The first-order chi connectivity index (χ1) is 15.7. The van der Waals surface area contributed by atoms with Gasteiger partial charge in [0, 0.05) is 5.56 Å². The van der Waals surface area contributed by atoms with Crippen molar-refractivity contribution in [1.82, 2.24) is 9.97 Å². The van der Waals surface area contributed by atoms with Gasteiger partial charge in [0.15, 0.2) is 11.5 Å². The van der Waals surface area contributed by atoms with Crippen LogP contribution in [0.5, 0.6) is 11.5 Å². The molecule has 8 nitrogen and oxygen atoms in total. The number of unbranched alkanes of at least 4 members (excludes halogenated alkanes) is 1. The molecule has 2 aromatic carbocycles. The van der Waals surface area contributed by atoms with Gasteiger partial charge in [-0.25, -0.2) is 10.4 Å². The molecule has 0 saturated carbocycles. The molecule has 0 bridgehead atoms. The van der Waals surface area contributed by atoms with Crippen molar-refractivity contribution in [2.75, 3.05) is 18.6 Å². The Kier molecular flexibility index (Phi) is 7.98. The third kappa shape index (κ3) is 5.73. The molecule has 0 fully saturated rings. The average Bonchev–Trinajstić information content (AvgIpc) is 2.81. The van der Waals surface area contributed by atoms with Gasteiger partial charge in [-0.3, -0.25) is 9.78 Å². The summed E-state index contributed by atoms with van der Waals surface area (Å²) in [6.45, 7) is 5.17. The topological polar surface area (TPSA) is 112 Å². The van der Waals surface area contributed by atoms with Crippen molar-refractivity contribution in [1.29, 1.82) is 5.26 Å². The summed E-state index contributed by atoms with van der Waals surface area (Å²) < 4.78 is 11.5. The van der Waals surface area contributed by atoms with E-state index in [9.17, 15) is 10.1 Å². The van der Waals surface area contributed by atoms with E-state index in [4.69, 9.17) is 9.47 Å². The minimum Gasteiger partial charge on any atom is -0.490 e. The summed E-state index contributed by atoms with van der Waals surface area (Å²) in [4.78, 5) is 19.2. The highest BCUT2D eigenvalue weighted by atomic mass is 16.5. The average molecular weight is 431 g/mol. The van der Waals surface area contributed by atoms with Crippen LogP contribution in [0.3, 0.4) is 0 Å². The number of hydrogen-bond acceptors (Lipinski definition) is 7. The predicted molar refractivity (Wildman–Crippen MR) is 124 cm³/mol. The zero-order chi connectivity index (χ0) is 22.8. The zero-order valence-electron chi connectivity index (χ0n) is 18.1. The van der Waals surface area contributed by atoms with Crippen molar-refractivity contribution in [2.24, 2.45) is 5.10 Å². The molecule has 0 aliphatic rings. The summed E-state index contributed by atoms with van der Waals surface area (Å²) in [5.74, 6) is 1.47. The van der Waals surface area contributed by atoms with Crippen molar-refractivity contribution in [2.45, 2.75) is 26.7 Å². The summed E-state index contributed by atoms with van der Waals surface area (Å²) >= 11 is 0.